The fourth-order valence-corrected chi connectivity index (χ4v) is 7.09. The molecular formula is C26H18ClN16O4S2+. The van der Waals surface area contributed by atoms with Gasteiger partial charge in [0.2, 0.25) is 20.0 Å². The summed E-state index contributed by atoms with van der Waals surface area (Å²) in [5.74, 6) is -0.0500. The van der Waals surface area contributed by atoms with E-state index in [1.54, 1.807) is 34.9 Å². The number of benzene rings is 2. The molecule has 0 atom stereocenters. The molecule has 23 heteroatoms. The van der Waals surface area contributed by atoms with Crippen LogP contribution in [-0.4, -0.2) is 81.8 Å². The first-order valence-electron chi connectivity index (χ1n) is 13.7. The number of nitrogens with two attached hydrogens (primary N) is 2. The maximum absolute atomic E-state index is 13.1. The summed E-state index contributed by atoms with van der Waals surface area (Å²) < 4.78 is 55.1. The first-order valence-corrected chi connectivity index (χ1v) is 17.2. The predicted octanol–water partition coefficient (Wildman–Crippen LogP) is 0.296. The van der Waals surface area contributed by atoms with Crippen molar-refractivity contribution in [3.63, 3.8) is 0 Å². The van der Waals surface area contributed by atoms with Gasteiger partial charge < -0.3 is 0 Å². The molecule has 0 radical (unpaired) electrons. The largest absolute Gasteiger partial charge is 0.315 e. The molecule has 6 aromatic heterocycles. The highest BCUT2D eigenvalue weighted by Gasteiger charge is 2.31. The summed E-state index contributed by atoms with van der Waals surface area (Å²) in [4.78, 5) is 13.3. The summed E-state index contributed by atoms with van der Waals surface area (Å²) in [6, 6.07) is 10.5. The number of aromatic nitrogens is 14. The second-order valence-electron chi connectivity index (χ2n) is 10.4. The average molecular weight is 718 g/mol. The van der Waals surface area contributed by atoms with Crippen LogP contribution in [-0.2, 0) is 20.0 Å². The maximum Gasteiger partial charge on any atom is 0.315 e. The van der Waals surface area contributed by atoms with Crippen LogP contribution in [0.2, 0.25) is 5.15 Å². The Hall–Kier alpha value is -6.07. The minimum atomic E-state index is -4.45. The third kappa shape index (κ3) is 5.15. The van der Waals surface area contributed by atoms with E-state index < -0.39 is 20.0 Å². The van der Waals surface area contributed by atoms with Gasteiger partial charge in [0.05, 0.1) is 56.0 Å². The highest BCUT2D eigenvalue weighted by Crippen LogP contribution is 2.38. The molecule has 0 aliphatic carbocycles. The van der Waals surface area contributed by atoms with E-state index in [0.717, 1.165) is 4.80 Å². The number of nitrogens with one attached hydrogen (secondary N) is 2. The van der Waals surface area contributed by atoms with Crippen LogP contribution >= 0.6 is 11.6 Å². The quantitative estimate of drug-likeness (QED) is 0.162. The lowest BCUT2D eigenvalue weighted by Gasteiger charge is -2.12. The van der Waals surface area contributed by atoms with E-state index in [1.807, 2.05) is 0 Å². The molecule has 0 amide bonds. The molecule has 0 spiro atoms. The minimum Gasteiger partial charge on any atom is -0.297 e. The third-order valence-corrected chi connectivity index (χ3v) is 9.52. The molecule has 0 aliphatic rings. The second-order valence-corrected chi connectivity index (χ2v) is 13.8. The Bertz CT molecular complexity index is 2810. The molecule has 0 aliphatic heterocycles. The number of hydrogen-bond donors (Lipinski definition) is 4. The number of hydrogen-bond acceptors (Lipinski definition) is 13. The molecule has 244 valence electrons. The molecule has 8 aromatic rings. The second kappa shape index (κ2) is 11.0. The molecular weight excluding hydrogens is 700 g/mol. The molecule has 0 saturated carbocycles. The summed E-state index contributed by atoms with van der Waals surface area (Å²) in [5, 5.41) is 41.0. The van der Waals surface area contributed by atoms with Gasteiger partial charge in [-0.05, 0) is 39.5 Å². The van der Waals surface area contributed by atoms with Crippen molar-refractivity contribution in [1.82, 2.24) is 65.0 Å². The average Bonchev–Trinajstić information content (AvgIpc) is 3.89. The number of nitrogens with zero attached hydrogens (tertiary/aromatic N) is 12. The number of halogens is 1. The maximum atomic E-state index is 13.1. The number of rotatable bonds is 7. The highest BCUT2D eigenvalue weighted by molar-refractivity contribution is 7.89. The van der Waals surface area contributed by atoms with Crippen molar-refractivity contribution in [3.05, 3.63) is 78.6 Å². The first-order chi connectivity index (χ1) is 23.5. The zero-order valence-corrected chi connectivity index (χ0v) is 26.7. The molecule has 0 fully saturated rings. The van der Waals surface area contributed by atoms with Crippen LogP contribution in [0.3, 0.4) is 0 Å². The normalized spacial score (nSPS) is 12.3. The van der Waals surface area contributed by atoms with E-state index >= 15 is 0 Å². The van der Waals surface area contributed by atoms with Gasteiger partial charge in [-0.2, -0.15) is 10.2 Å². The van der Waals surface area contributed by atoms with Gasteiger partial charge >= 0.3 is 5.82 Å². The molecule has 6 N–H and O–H groups in total. The van der Waals surface area contributed by atoms with E-state index in [4.69, 9.17) is 21.9 Å². The number of imidazole rings is 2. The SMILES string of the molecule is NS(=O)(=O)c1cc(-[n+]2nnc(-c3c(-c4cnc5ccc(Cl)nn45)cccc3S(N)(=O)=O)[nH]2)cc(-c2cnc3cnccn23)c1-c1nnn[nH]1. The van der Waals surface area contributed by atoms with E-state index in [9.17, 15) is 16.8 Å². The smallest absolute Gasteiger partial charge is 0.297 e. The number of H-pyrrole nitrogens is 2. The van der Waals surface area contributed by atoms with Crippen molar-refractivity contribution in [2.75, 3.05) is 0 Å². The van der Waals surface area contributed by atoms with Gasteiger partial charge in [-0.25, -0.2) is 46.7 Å². The molecule has 49 heavy (non-hydrogen) atoms. The summed E-state index contributed by atoms with van der Waals surface area (Å²) in [6.45, 7) is 0. The lowest BCUT2D eigenvalue weighted by Crippen LogP contribution is -2.36. The van der Waals surface area contributed by atoms with Crippen LogP contribution in [0.15, 0.2) is 83.2 Å². The van der Waals surface area contributed by atoms with Gasteiger partial charge in [-0.1, -0.05) is 23.7 Å². The van der Waals surface area contributed by atoms with Crippen LogP contribution in [0, 0.1) is 0 Å². The van der Waals surface area contributed by atoms with Crippen molar-refractivity contribution < 1.29 is 21.6 Å². The van der Waals surface area contributed by atoms with Gasteiger partial charge in [0.25, 0.3) is 0 Å². The number of sulfonamides is 2. The van der Waals surface area contributed by atoms with Crippen molar-refractivity contribution >= 4 is 42.9 Å². The zero-order valence-electron chi connectivity index (χ0n) is 24.3. The monoisotopic (exact) mass is 717 g/mol. The van der Waals surface area contributed by atoms with Gasteiger partial charge in [0.1, 0.15) is 5.15 Å². The van der Waals surface area contributed by atoms with E-state index in [2.05, 4.69) is 56.1 Å². The molecule has 20 nitrogen and oxygen atoms in total. The van der Waals surface area contributed by atoms with E-state index in [0.29, 0.717) is 28.2 Å². The summed E-state index contributed by atoms with van der Waals surface area (Å²) >= 11 is 6.16. The summed E-state index contributed by atoms with van der Waals surface area (Å²) in [6.07, 6.45) is 7.69. The van der Waals surface area contributed by atoms with Crippen molar-refractivity contribution in [3.8, 4) is 51.0 Å². The van der Waals surface area contributed by atoms with Crippen LogP contribution in [0.1, 0.15) is 0 Å². The topological polar surface area (TPSA) is 281 Å². The molecule has 2 aromatic carbocycles. The molecule has 8 rings (SSSR count). The Labute approximate surface area is 278 Å². The number of primary sulfonamides is 2. The van der Waals surface area contributed by atoms with Crippen molar-refractivity contribution in [2.24, 2.45) is 10.3 Å². The van der Waals surface area contributed by atoms with E-state index in [-0.39, 0.29) is 49.0 Å². The fraction of sp³-hybridized carbons (Fsp3) is 0. The van der Waals surface area contributed by atoms with Gasteiger partial charge in [-0.3, -0.25) is 9.38 Å². The molecule has 6 heterocycles. The molecule has 0 unspecified atom stereocenters. The minimum absolute atomic E-state index is 0.00584. The van der Waals surface area contributed by atoms with Crippen molar-refractivity contribution in [2.45, 2.75) is 9.79 Å². The standard InChI is InChI=1S/C26H17ClN16O4S2/c27-20-4-5-21-31-11-17(42(21)36-20)14-2-1-3-18(48(28,44)45)23(14)26-35-40-43(37-26)13-8-15(16-10-32-22-12-30-6-7-41(16)22)24(25-33-38-39-34-25)19(9-13)49(29,46)47/h1-12H,(H5,28,29,30,33,34,38,39,44,45,46,47)/p+1. The number of fused-ring (bicyclic) bond motifs is 2. The van der Waals surface area contributed by atoms with Crippen molar-refractivity contribution in [1.29, 1.82) is 0 Å². The van der Waals surface area contributed by atoms with Gasteiger partial charge in [0, 0.05) is 29.6 Å². The van der Waals surface area contributed by atoms with Crippen LogP contribution < -0.4 is 15.1 Å². The first kappa shape index (κ1) is 30.3. The number of tetrazole rings is 2. The Kier molecular flexibility index (Phi) is 6.79. The highest BCUT2D eigenvalue weighted by atomic mass is 35.5. The Morgan fingerprint density at radius 1 is 0.816 bits per heavy atom. The molecule has 0 bridgehead atoms. The van der Waals surface area contributed by atoms with Crippen LogP contribution in [0.5, 0.6) is 0 Å². The molecule has 0 saturated heterocycles. The van der Waals surface area contributed by atoms with Gasteiger partial charge in [0.15, 0.2) is 28.0 Å². The fourth-order valence-electron chi connectivity index (χ4n) is 5.42. The van der Waals surface area contributed by atoms with Gasteiger partial charge in [-0.15, -0.1) is 5.10 Å². The van der Waals surface area contributed by atoms with E-state index in [1.165, 1.54) is 47.5 Å². The Morgan fingerprint density at radius 2 is 1.59 bits per heavy atom. The lowest BCUT2D eigenvalue weighted by molar-refractivity contribution is -0.716. The lowest BCUT2D eigenvalue weighted by atomic mass is 10.0. The summed E-state index contributed by atoms with van der Waals surface area (Å²) in [7, 11) is -8.78. The van der Waals surface area contributed by atoms with Crippen LogP contribution in [0.25, 0.3) is 62.3 Å². The van der Waals surface area contributed by atoms with Crippen LogP contribution in [0.4, 0.5) is 0 Å². The zero-order chi connectivity index (χ0) is 34.1. The Morgan fingerprint density at radius 3 is 2.37 bits per heavy atom. The number of aromatic amines is 2. The predicted molar refractivity (Wildman–Crippen MR) is 168 cm³/mol. The third-order valence-electron chi connectivity index (χ3n) is 7.43. The summed E-state index contributed by atoms with van der Waals surface area (Å²) in [5.41, 5.74) is 2.50. The Balaban J connectivity index is 1.38.